The maximum Gasteiger partial charge on any atom is 0.416 e. The highest BCUT2D eigenvalue weighted by atomic mass is 19.4. The van der Waals surface area contributed by atoms with Gasteiger partial charge in [-0.2, -0.15) is 13.2 Å². The normalized spacial score (nSPS) is 20.1. The number of benzene rings is 2. The highest BCUT2D eigenvalue weighted by Crippen LogP contribution is 2.48. The molecule has 4 rings (SSSR count). The molecule has 3 nitrogen and oxygen atoms in total. The summed E-state index contributed by atoms with van der Waals surface area (Å²) >= 11 is 0. The van der Waals surface area contributed by atoms with Crippen LogP contribution in [0.15, 0.2) is 54.6 Å². The van der Waals surface area contributed by atoms with Crippen LogP contribution in [0.5, 0.6) is 0 Å². The van der Waals surface area contributed by atoms with Crippen molar-refractivity contribution < 1.29 is 18.0 Å². The fourth-order valence-electron chi connectivity index (χ4n) is 4.69. The smallest absolute Gasteiger partial charge is 0.343 e. The summed E-state index contributed by atoms with van der Waals surface area (Å²) in [7, 11) is 0. The Balaban J connectivity index is 1.61. The van der Waals surface area contributed by atoms with Gasteiger partial charge in [0.15, 0.2) is 0 Å². The first-order valence-electron chi connectivity index (χ1n) is 10.2. The topological polar surface area (TPSA) is 32.3 Å². The third-order valence-electron chi connectivity index (χ3n) is 6.38. The molecule has 2 aromatic carbocycles. The zero-order valence-electron chi connectivity index (χ0n) is 16.2. The molecule has 0 spiro atoms. The van der Waals surface area contributed by atoms with Crippen LogP contribution in [-0.4, -0.2) is 29.4 Å². The molecule has 0 aromatic heterocycles. The molecule has 1 aliphatic carbocycles. The standard InChI is InChI=1S/C23H25F3N2O/c24-23(25,26)19-11-9-18(10-12-19)21(29)27-20(17-7-2-1-3-8-17)22(13-6-14-22)28-15-4-5-16-28/h1-3,7-12,20H,4-6,13-16H2,(H,27,29). The van der Waals surface area contributed by atoms with E-state index in [4.69, 9.17) is 0 Å². The maximum absolute atomic E-state index is 13.0. The maximum atomic E-state index is 13.0. The SMILES string of the molecule is O=C(NC(c1ccccc1)C1(N2CCCC2)CCC1)c1ccc(C(F)(F)F)cc1. The van der Waals surface area contributed by atoms with Crippen LogP contribution in [0.4, 0.5) is 13.2 Å². The summed E-state index contributed by atoms with van der Waals surface area (Å²) < 4.78 is 38.5. The Morgan fingerprint density at radius 1 is 0.931 bits per heavy atom. The van der Waals surface area contributed by atoms with E-state index in [0.29, 0.717) is 0 Å². The fraction of sp³-hybridized carbons (Fsp3) is 0.435. The molecule has 1 aliphatic heterocycles. The van der Waals surface area contributed by atoms with Crippen molar-refractivity contribution in [1.82, 2.24) is 10.2 Å². The summed E-state index contributed by atoms with van der Waals surface area (Å²) in [6.45, 7) is 2.05. The van der Waals surface area contributed by atoms with Crippen molar-refractivity contribution in [3.63, 3.8) is 0 Å². The summed E-state index contributed by atoms with van der Waals surface area (Å²) in [6.07, 6.45) is 1.06. The highest BCUT2D eigenvalue weighted by Gasteiger charge is 2.50. The molecule has 154 valence electrons. The Bertz CT molecular complexity index is 839. The van der Waals surface area contributed by atoms with Gasteiger partial charge in [-0.25, -0.2) is 0 Å². The number of likely N-dealkylation sites (tertiary alicyclic amines) is 1. The Labute approximate surface area is 168 Å². The summed E-state index contributed by atoms with van der Waals surface area (Å²) in [5.41, 5.74) is 0.426. The minimum Gasteiger partial charge on any atom is -0.343 e. The molecule has 1 saturated heterocycles. The van der Waals surface area contributed by atoms with E-state index in [9.17, 15) is 18.0 Å². The molecule has 6 heteroatoms. The van der Waals surface area contributed by atoms with Crippen molar-refractivity contribution in [3.05, 3.63) is 71.3 Å². The first-order valence-corrected chi connectivity index (χ1v) is 10.2. The van der Waals surface area contributed by atoms with E-state index >= 15 is 0 Å². The lowest BCUT2D eigenvalue weighted by atomic mass is 9.68. The van der Waals surface area contributed by atoms with Gasteiger partial charge >= 0.3 is 6.18 Å². The predicted octanol–water partition coefficient (Wildman–Crippen LogP) is 5.20. The molecule has 2 aromatic rings. The second-order valence-corrected chi connectivity index (χ2v) is 8.04. The molecule has 2 fully saturated rings. The Hall–Kier alpha value is -2.34. The van der Waals surface area contributed by atoms with Gasteiger partial charge in [0.25, 0.3) is 5.91 Å². The number of amides is 1. The quantitative estimate of drug-likeness (QED) is 0.746. The van der Waals surface area contributed by atoms with Crippen LogP contribution in [0.3, 0.4) is 0 Å². The minimum absolute atomic E-state index is 0.112. The van der Waals surface area contributed by atoms with Gasteiger partial charge < -0.3 is 5.32 Å². The number of carbonyl (C=O) groups excluding carboxylic acids is 1. The van der Waals surface area contributed by atoms with Crippen LogP contribution in [0.2, 0.25) is 0 Å². The third kappa shape index (κ3) is 3.90. The number of nitrogens with zero attached hydrogens (tertiary/aromatic N) is 1. The van der Waals surface area contributed by atoms with Gasteiger partial charge in [0.2, 0.25) is 0 Å². The molecule has 1 amide bonds. The Morgan fingerprint density at radius 2 is 1.55 bits per heavy atom. The zero-order valence-corrected chi connectivity index (χ0v) is 16.2. The summed E-state index contributed by atoms with van der Waals surface area (Å²) in [5, 5.41) is 3.17. The van der Waals surface area contributed by atoms with E-state index in [1.54, 1.807) is 0 Å². The van der Waals surface area contributed by atoms with Gasteiger partial charge in [0.1, 0.15) is 0 Å². The van der Waals surface area contributed by atoms with Crippen molar-refractivity contribution >= 4 is 5.91 Å². The molecule has 1 heterocycles. The molecule has 1 N–H and O–H groups in total. The van der Waals surface area contributed by atoms with Gasteiger partial charge in [-0.3, -0.25) is 9.69 Å². The second kappa shape index (κ2) is 7.82. The van der Waals surface area contributed by atoms with Crippen molar-refractivity contribution in [2.75, 3.05) is 13.1 Å². The van der Waals surface area contributed by atoms with Crippen LogP contribution in [-0.2, 0) is 6.18 Å². The van der Waals surface area contributed by atoms with Gasteiger partial charge in [-0.05, 0) is 75.0 Å². The Morgan fingerprint density at radius 3 is 2.07 bits per heavy atom. The molecule has 0 radical (unpaired) electrons. The van der Waals surface area contributed by atoms with Crippen molar-refractivity contribution in [2.24, 2.45) is 0 Å². The molecule has 2 aliphatic rings. The second-order valence-electron chi connectivity index (χ2n) is 8.04. The molecule has 29 heavy (non-hydrogen) atoms. The van der Waals surface area contributed by atoms with Gasteiger partial charge in [-0.15, -0.1) is 0 Å². The summed E-state index contributed by atoms with van der Waals surface area (Å²) in [5.74, 6) is -0.335. The lowest BCUT2D eigenvalue weighted by Gasteiger charge is -2.54. The van der Waals surface area contributed by atoms with Crippen molar-refractivity contribution in [2.45, 2.75) is 49.9 Å². The predicted molar refractivity (Wildman–Crippen MR) is 105 cm³/mol. The molecule has 0 bridgehead atoms. The first kappa shape index (κ1) is 20.0. The molecule has 1 unspecified atom stereocenters. The van der Waals surface area contributed by atoms with Gasteiger partial charge in [-0.1, -0.05) is 30.3 Å². The third-order valence-corrected chi connectivity index (χ3v) is 6.38. The largest absolute Gasteiger partial charge is 0.416 e. The highest BCUT2D eigenvalue weighted by molar-refractivity contribution is 5.94. The lowest BCUT2D eigenvalue weighted by molar-refractivity contribution is -0.137. The lowest BCUT2D eigenvalue weighted by Crippen LogP contribution is -2.60. The number of hydrogen-bond donors (Lipinski definition) is 1. The van der Waals surface area contributed by atoms with E-state index in [2.05, 4.69) is 10.2 Å². The molecular formula is C23H25F3N2O. The molecule has 1 saturated carbocycles. The molecular weight excluding hydrogens is 377 g/mol. The van der Waals surface area contributed by atoms with Crippen LogP contribution in [0.1, 0.15) is 59.6 Å². The number of hydrogen-bond acceptors (Lipinski definition) is 2. The minimum atomic E-state index is -4.41. The van der Waals surface area contributed by atoms with E-state index in [1.807, 2.05) is 30.3 Å². The first-order chi connectivity index (χ1) is 13.9. The van der Waals surface area contributed by atoms with Crippen LogP contribution in [0, 0.1) is 0 Å². The van der Waals surface area contributed by atoms with Crippen molar-refractivity contribution in [1.29, 1.82) is 0 Å². The number of nitrogens with one attached hydrogen (secondary N) is 1. The number of alkyl halides is 3. The van der Waals surface area contributed by atoms with Crippen LogP contribution >= 0.6 is 0 Å². The van der Waals surface area contributed by atoms with Crippen LogP contribution in [0.25, 0.3) is 0 Å². The van der Waals surface area contributed by atoms with Gasteiger partial charge in [0, 0.05) is 11.1 Å². The Kier molecular flexibility index (Phi) is 5.38. The van der Waals surface area contributed by atoms with E-state index in [-0.39, 0.29) is 23.1 Å². The zero-order chi connectivity index (χ0) is 20.5. The van der Waals surface area contributed by atoms with E-state index < -0.39 is 11.7 Å². The average molecular weight is 402 g/mol. The van der Waals surface area contributed by atoms with Gasteiger partial charge in [0.05, 0.1) is 11.6 Å². The monoisotopic (exact) mass is 402 g/mol. The van der Waals surface area contributed by atoms with Crippen molar-refractivity contribution in [3.8, 4) is 0 Å². The number of carbonyl (C=O) groups is 1. The fourth-order valence-corrected chi connectivity index (χ4v) is 4.69. The molecule has 1 atom stereocenters. The van der Waals surface area contributed by atoms with E-state index in [0.717, 1.165) is 62.9 Å². The van der Waals surface area contributed by atoms with Crippen LogP contribution < -0.4 is 5.32 Å². The van der Waals surface area contributed by atoms with E-state index in [1.165, 1.54) is 12.1 Å². The number of rotatable bonds is 5. The number of halogens is 3. The summed E-state index contributed by atoms with van der Waals surface area (Å²) in [4.78, 5) is 15.5. The average Bonchev–Trinajstić information content (AvgIpc) is 3.21. The summed E-state index contributed by atoms with van der Waals surface area (Å²) in [6, 6.07) is 14.2.